The van der Waals surface area contributed by atoms with Crippen LogP contribution >= 0.6 is 0 Å². The minimum atomic E-state index is 0.901. The molecule has 0 fully saturated rings. The first-order valence-electron chi connectivity index (χ1n) is 17.4. The zero-order valence-electron chi connectivity index (χ0n) is 27.6. The molecular weight excluding hydrogens is 621 g/mol. The number of para-hydroxylation sites is 6. The van der Waals surface area contributed by atoms with Crippen molar-refractivity contribution in [3.8, 4) is 33.6 Å². The second-order valence-electron chi connectivity index (χ2n) is 13.3. The van der Waals surface area contributed by atoms with Gasteiger partial charge in [-0.2, -0.15) is 0 Å². The second-order valence-corrected chi connectivity index (χ2v) is 13.3. The molecule has 0 aliphatic rings. The number of nitrogens with zero attached hydrogens (tertiary/aromatic N) is 2. The summed E-state index contributed by atoms with van der Waals surface area (Å²) in [6, 6.07) is 65.3. The molecule has 3 heteroatoms. The van der Waals surface area contributed by atoms with Gasteiger partial charge in [0.05, 0.1) is 22.1 Å². The van der Waals surface area contributed by atoms with Gasteiger partial charge in [0.15, 0.2) is 0 Å². The first-order valence-corrected chi connectivity index (χ1v) is 17.4. The number of fused-ring (bicyclic) bond motifs is 9. The third-order valence-corrected chi connectivity index (χ3v) is 10.5. The third-order valence-electron chi connectivity index (χ3n) is 10.5. The summed E-state index contributed by atoms with van der Waals surface area (Å²) >= 11 is 0. The minimum absolute atomic E-state index is 0.901. The zero-order valence-corrected chi connectivity index (χ0v) is 27.6. The number of hydrogen-bond donors (Lipinski definition) is 0. The predicted octanol–water partition coefficient (Wildman–Crippen LogP) is 13.1. The van der Waals surface area contributed by atoms with Gasteiger partial charge in [-0.05, 0) is 59.7 Å². The Kier molecular flexibility index (Phi) is 5.96. The molecule has 0 spiro atoms. The number of hydrogen-bond acceptors (Lipinski definition) is 1. The van der Waals surface area contributed by atoms with E-state index in [1.807, 2.05) is 0 Å². The molecule has 0 atom stereocenters. The summed E-state index contributed by atoms with van der Waals surface area (Å²) in [7, 11) is 0. The van der Waals surface area contributed by atoms with E-state index >= 15 is 0 Å². The normalized spacial score (nSPS) is 11.9. The molecule has 0 bridgehead atoms. The SMILES string of the molecule is c1cc(-c2cccc3c2oc2c(-c4cccc(-n5c6ccccc6c6ccccc65)c4)cccc23)cc(-n2c3ccccc3c3ccccc32)c1. The Hall–Kier alpha value is -6.84. The van der Waals surface area contributed by atoms with Crippen LogP contribution in [0.4, 0.5) is 0 Å². The average Bonchev–Trinajstić information content (AvgIpc) is 3.86. The molecule has 8 aromatic carbocycles. The molecule has 0 amide bonds. The monoisotopic (exact) mass is 650 g/mol. The standard InChI is InChI=1S/C48H30N2O/c1-5-25-43-37(17-1)38-18-2-6-26-44(38)49(43)33-15-9-13-31(29-33)35-21-11-23-41-42-24-12-22-36(48(42)51-47(35)41)32-14-10-16-34(30-32)50-45-27-7-3-19-39(45)40-20-4-8-28-46(40)50/h1-30H. The molecule has 3 aromatic heterocycles. The van der Waals surface area contributed by atoms with Crippen molar-refractivity contribution in [2.45, 2.75) is 0 Å². The van der Waals surface area contributed by atoms with E-state index in [0.717, 1.165) is 55.6 Å². The van der Waals surface area contributed by atoms with Crippen LogP contribution in [0, 0.1) is 0 Å². The largest absolute Gasteiger partial charge is 0.455 e. The minimum Gasteiger partial charge on any atom is -0.455 e. The van der Waals surface area contributed by atoms with Gasteiger partial charge >= 0.3 is 0 Å². The number of furan rings is 1. The Balaban J connectivity index is 1.08. The summed E-state index contributed by atoms with van der Waals surface area (Å²) in [4.78, 5) is 0. The van der Waals surface area contributed by atoms with E-state index in [0.29, 0.717) is 0 Å². The van der Waals surface area contributed by atoms with Gasteiger partial charge in [-0.15, -0.1) is 0 Å². The van der Waals surface area contributed by atoms with E-state index in [4.69, 9.17) is 4.42 Å². The van der Waals surface area contributed by atoms with E-state index in [9.17, 15) is 0 Å². The van der Waals surface area contributed by atoms with E-state index in [1.165, 1.54) is 43.6 Å². The van der Waals surface area contributed by atoms with Crippen molar-refractivity contribution in [3.63, 3.8) is 0 Å². The maximum atomic E-state index is 6.95. The Morgan fingerprint density at radius 3 is 1.02 bits per heavy atom. The maximum absolute atomic E-state index is 6.95. The summed E-state index contributed by atoms with van der Waals surface area (Å²) in [5, 5.41) is 7.26. The van der Waals surface area contributed by atoms with Crippen molar-refractivity contribution in [3.05, 3.63) is 182 Å². The van der Waals surface area contributed by atoms with Crippen molar-refractivity contribution in [2.75, 3.05) is 0 Å². The average molecular weight is 651 g/mol. The molecule has 0 unspecified atom stereocenters. The smallest absolute Gasteiger partial charge is 0.143 e. The highest BCUT2D eigenvalue weighted by atomic mass is 16.3. The zero-order chi connectivity index (χ0) is 33.5. The molecule has 0 radical (unpaired) electrons. The molecule has 11 rings (SSSR count). The predicted molar refractivity (Wildman–Crippen MR) is 213 cm³/mol. The fraction of sp³-hybridized carbons (Fsp3) is 0. The van der Waals surface area contributed by atoms with Crippen LogP contribution < -0.4 is 0 Å². The Labute approximate surface area is 293 Å². The Bertz CT molecular complexity index is 2840. The summed E-state index contributed by atoms with van der Waals surface area (Å²) in [6.07, 6.45) is 0. The summed E-state index contributed by atoms with van der Waals surface area (Å²) in [6.45, 7) is 0. The van der Waals surface area contributed by atoms with Crippen molar-refractivity contribution in [2.24, 2.45) is 0 Å². The quantitative estimate of drug-likeness (QED) is 0.186. The Morgan fingerprint density at radius 2 is 0.627 bits per heavy atom. The van der Waals surface area contributed by atoms with Gasteiger partial charge < -0.3 is 13.6 Å². The van der Waals surface area contributed by atoms with Crippen LogP contribution in [0.3, 0.4) is 0 Å². The van der Waals surface area contributed by atoms with E-state index < -0.39 is 0 Å². The summed E-state index contributed by atoms with van der Waals surface area (Å²) < 4.78 is 11.7. The summed E-state index contributed by atoms with van der Waals surface area (Å²) in [5.41, 5.74) is 13.2. The fourth-order valence-electron chi connectivity index (χ4n) is 8.30. The van der Waals surface area contributed by atoms with Gasteiger partial charge in [0.1, 0.15) is 11.2 Å². The number of aromatic nitrogens is 2. The van der Waals surface area contributed by atoms with Crippen LogP contribution in [0.5, 0.6) is 0 Å². The molecule has 3 nitrogen and oxygen atoms in total. The highest BCUT2D eigenvalue weighted by molar-refractivity contribution is 6.14. The maximum Gasteiger partial charge on any atom is 0.143 e. The van der Waals surface area contributed by atoms with Crippen LogP contribution in [0.2, 0.25) is 0 Å². The molecular formula is C48H30N2O. The molecule has 238 valence electrons. The van der Waals surface area contributed by atoms with Gasteiger partial charge in [0.2, 0.25) is 0 Å². The van der Waals surface area contributed by atoms with Crippen molar-refractivity contribution in [1.82, 2.24) is 9.13 Å². The Morgan fingerprint density at radius 1 is 0.294 bits per heavy atom. The second kappa shape index (κ2) is 10.8. The van der Waals surface area contributed by atoms with E-state index in [2.05, 4.69) is 191 Å². The van der Waals surface area contributed by atoms with Crippen LogP contribution in [-0.4, -0.2) is 9.13 Å². The molecule has 0 N–H and O–H groups in total. The molecule has 0 saturated heterocycles. The third kappa shape index (κ3) is 4.12. The topological polar surface area (TPSA) is 23.0 Å². The van der Waals surface area contributed by atoms with Crippen LogP contribution in [0.15, 0.2) is 186 Å². The van der Waals surface area contributed by atoms with Crippen LogP contribution in [0.25, 0.3) is 99.2 Å². The van der Waals surface area contributed by atoms with Gasteiger partial charge in [-0.25, -0.2) is 0 Å². The van der Waals surface area contributed by atoms with Gasteiger partial charge in [0, 0.05) is 54.8 Å². The van der Waals surface area contributed by atoms with Crippen LogP contribution in [-0.2, 0) is 0 Å². The lowest BCUT2D eigenvalue weighted by Crippen LogP contribution is -1.94. The lowest BCUT2D eigenvalue weighted by atomic mass is 9.99. The highest BCUT2D eigenvalue weighted by Gasteiger charge is 2.18. The molecule has 3 heterocycles. The molecule has 11 aromatic rings. The molecule has 51 heavy (non-hydrogen) atoms. The van der Waals surface area contributed by atoms with Crippen molar-refractivity contribution < 1.29 is 4.42 Å². The molecule has 0 aliphatic carbocycles. The van der Waals surface area contributed by atoms with Gasteiger partial charge in [-0.3, -0.25) is 0 Å². The van der Waals surface area contributed by atoms with Gasteiger partial charge in [0.25, 0.3) is 0 Å². The first kappa shape index (κ1) is 28.0. The first-order chi connectivity index (χ1) is 25.3. The summed E-state index contributed by atoms with van der Waals surface area (Å²) in [5.74, 6) is 0. The number of benzene rings is 8. The highest BCUT2D eigenvalue weighted by Crippen LogP contribution is 2.41. The molecule has 0 saturated carbocycles. The fourth-order valence-corrected chi connectivity index (χ4v) is 8.30. The molecule has 0 aliphatic heterocycles. The van der Waals surface area contributed by atoms with Gasteiger partial charge in [-0.1, -0.05) is 133 Å². The van der Waals surface area contributed by atoms with E-state index in [-0.39, 0.29) is 0 Å². The lowest BCUT2D eigenvalue weighted by molar-refractivity contribution is 0.671. The van der Waals surface area contributed by atoms with Crippen LogP contribution in [0.1, 0.15) is 0 Å². The van der Waals surface area contributed by atoms with Crippen molar-refractivity contribution in [1.29, 1.82) is 0 Å². The lowest BCUT2D eigenvalue weighted by Gasteiger charge is -2.11. The van der Waals surface area contributed by atoms with Crippen molar-refractivity contribution >= 4 is 65.6 Å². The number of rotatable bonds is 4. The van der Waals surface area contributed by atoms with E-state index in [1.54, 1.807) is 0 Å².